The molecule has 2 heteroatoms. The summed E-state index contributed by atoms with van der Waals surface area (Å²) in [6, 6.07) is 0. The van der Waals surface area contributed by atoms with E-state index in [0.717, 1.165) is 0 Å². The molecule has 0 aromatic carbocycles. The molecule has 0 aliphatic carbocycles. The highest BCUT2D eigenvalue weighted by molar-refractivity contribution is 4.96. The van der Waals surface area contributed by atoms with E-state index in [4.69, 9.17) is 0 Å². The highest BCUT2D eigenvalue weighted by Crippen LogP contribution is 2.23. The van der Waals surface area contributed by atoms with Crippen molar-refractivity contribution in [1.29, 1.82) is 0 Å². The Morgan fingerprint density at radius 3 is 1.05 bits per heavy atom. The highest BCUT2D eigenvalue weighted by atomic mass is 15.4. The van der Waals surface area contributed by atoms with Crippen LogP contribution in [-0.4, -0.2) is 29.1 Å². The minimum Gasteiger partial charge on any atom is -0.356 e. The van der Waals surface area contributed by atoms with Crippen LogP contribution < -0.4 is 0 Å². The van der Waals surface area contributed by atoms with Crippen LogP contribution in [0.4, 0.5) is 0 Å². The van der Waals surface area contributed by atoms with Crippen molar-refractivity contribution in [2.24, 2.45) is 0 Å². The van der Waals surface area contributed by atoms with Gasteiger partial charge in [0.05, 0.1) is 0 Å². The van der Waals surface area contributed by atoms with Crippen LogP contribution in [0.15, 0.2) is 12.4 Å². The molecule has 0 saturated carbocycles. The molecular formula is C35H70N2. The predicted molar refractivity (Wildman–Crippen MR) is 168 cm³/mol. The molecule has 0 bridgehead atoms. The van der Waals surface area contributed by atoms with Crippen LogP contribution in [0.25, 0.3) is 0 Å². The van der Waals surface area contributed by atoms with Gasteiger partial charge in [-0.2, -0.15) is 0 Å². The predicted octanol–water partition coefficient (Wildman–Crippen LogP) is 12.0. The van der Waals surface area contributed by atoms with Crippen molar-refractivity contribution in [2.75, 3.05) is 13.1 Å². The van der Waals surface area contributed by atoms with Gasteiger partial charge in [-0.25, -0.2) is 0 Å². The Morgan fingerprint density at radius 1 is 0.351 bits per heavy atom. The third-order valence-corrected chi connectivity index (χ3v) is 8.53. The zero-order valence-corrected chi connectivity index (χ0v) is 26.1. The molecule has 0 aromatic rings. The van der Waals surface area contributed by atoms with E-state index < -0.39 is 0 Å². The lowest BCUT2D eigenvalue weighted by Crippen LogP contribution is -2.39. The van der Waals surface area contributed by atoms with Crippen LogP contribution in [0, 0.1) is 0 Å². The zero-order valence-electron chi connectivity index (χ0n) is 26.1. The molecule has 0 radical (unpaired) electrons. The van der Waals surface area contributed by atoms with Crippen molar-refractivity contribution in [3.05, 3.63) is 12.4 Å². The summed E-state index contributed by atoms with van der Waals surface area (Å²) < 4.78 is 0. The molecule has 0 aromatic heterocycles. The van der Waals surface area contributed by atoms with Gasteiger partial charge < -0.3 is 9.80 Å². The summed E-state index contributed by atoms with van der Waals surface area (Å²) in [5, 5.41) is 0. The van der Waals surface area contributed by atoms with E-state index in [1.54, 1.807) is 0 Å². The monoisotopic (exact) mass is 519 g/mol. The van der Waals surface area contributed by atoms with E-state index in [2.05, 4.69) is 43.0 Å². The van der Waals surface area contributed by atoms with E-state index in [-0.39, 0.29) is 0 Å². The normalized spacial score (nSPS) is 15.4. The second-order valence-electron chi connectivity index (χ2n) is 12.2. The van der Waals surface area contributed by atoms with Crippen molar-refractivity contribution in [3.8, 4) is 0 Å². The summed E-state index contributed by atoms with van der Waals surface area (Å²) in [7, 11) is 0. The maximum absolute atomic E-state index is 2.67. The van der Waals surface area contributed by atoms with Gasteiger partial charge in [0.25, 0.3) is 0 Å². The molecule has 0 saturated heterocycles. The van der Waals surface area contributed by atoms with Crippen molar-refractivity contribution in [3.63, 3.8) is 0 Å². The molecule has 220 valence electrons. The first kappa shape index (κ1) is 34.4. The average molecular weight is 519 g/mol. The van der Waals surface area contributed by atoms with Crippen molar-refractivity contribution in [2.45, 2.75) is 200 Å². The smallest absolute Gasteiger partial charge is 0.101 e. The van der Waals surface area contributed by atoms with Crippen LogP contribution in [-0.2, 0) is 0 Å². The topological polar surface area (TPSA) is 6.48 Å². The van der Waals surface area contributed by atoms with E-state index in [9.17, 15) is 0 Å². The second kappa shape index (κ2) is 26.9. The molecule has 1 unspecified atom stereocenters. The van der Waals surface area contributed by atoms with Gasteiger partial charge >= 0.3 is 0 Å². The van der Waals surface area contributed by atoms with Crippen LogP contribution in [0.2, 0.25) is 0 Å². The Labute approximate surface area is 235 Å². The quantitative estimate of drug-likeness (QED) is 0.0908. The van der Waals surface area contributed by atoms with Crippen LogP contribution in [0.1, 0.15) is 194 Å². The summed E-state index contributed by atoms with van der Waals surface area (Å²) in [4.78, 5) is 5.30. The molecule has 1 aliphatic rings. The minimum absolute atomic E-state index is 0.639. The van der Waals surface area contributed by atoms with E-state index in [1.165, 1.54) is 186 Å². The maximum Gasteiger partial charge on any atom is 0.101 e. The Hall–Kier alpha value is -0.660. The highest BCUT2D eigenvalue weighted by Gasteiger charge is 2.24. The van der Waals surface area contributed by atoms with Crippen LogP contribution in [0.5, 0.6) is 0 Å². The van der Waals surface area contributed by atoms with Gasteiger partial charge in [-0.1, -0.05) is 168 Å². The summed E-state index contributed by atoms with van der Waals surface area (Å²) in [5.74, 6) is 0. The molecule has 37 heavy (non-hydrogen) atoms. The Bertz CT molecular complexity index is 474. The number of unbranched alkanes of at least 4 members (excludes halogenated alkanes) is 23. The maximum atomic E-state index is 2.67. The fourth-order valence-electron chi connectivity index (χ4n) is 6.08. The van der Waals surface area contributed by atoms with Crippen molar-refractivity contribution >= 4 is 0 Å². The lowest BCUT2D eigenvalue weighted by atomic mass is 10.0. The lowest BCUT2D eigenvalue weighted by Gasteiger charge is -2.33. The van der Waals surface area contributed by atoms with E-state index in [0.29, 0.717) is 6.17 Å². The molecule has 0 fully saturated rings. The molecular weight excluding hydrogens is 448 g/mol. The Morgan fingerprint density at radius 2 is 0.676 bits per heavy atom. The second-order valence-corrected chi connectivity index (χ2v) is 12.2. The standard InChI is InChI=1S/C35H70N2/c1-4-7-9-11-13-15-17-18-19-21-23-25-27-29-32-37-34-33-36(31-6-3)35(37)30-28-26-24-22-20-16-14-12-10-8-5-2/h33-35H,4-32H2,1-3H3. The van der Waals surface area contributed by atoms with Gasteiger partial charge in [0.2, 0.25) is 0 Å². The largest absolute Gasteiger partial charge is 0.356 e. The molecule has 1 aliphatic heterocycles. The molecule has 0 spiro atoms. The summed E-state index contributed by atoms with van der Waals surface area (Å²) in [5.41, 5.74) is 0. The molecule has 1 rings (SSSR count). The average Bonchev–Trinajstić information content (AvgIpc) is 3.28. The van der Waals surface area contributed by atoms with E-state index >= 15 is 0 Å². The van der Waals surface area contributed by atoms with Crippen molar-refractivity contribution < 1.29 is 0 Å². The SMILES string of the molecule is CCCCCCCCCCCCCCCCN1C=CN(CCC)C1CCCCCCCCCCCCC. The van der Waals surface area contributed by atoms with Crippen LogP contribution in [0.3, 0.4) is 0 Å². The van der Waals surface area contributed by atoms with Crippen LogP contribution >= 0.6 is 0 Å². The van der Waals surface area contributed by atoms with Gasteiger partial charge in [-0.05, 0) is 25.7 Å². The van der Waals surface area contributed by atoms with Gasteiger partial charge in [-0.3, -0.25) is 0 Å². The van der Waals surface area contributed by atoms with Gasteiger partial charge in [0.15, 0.2) is 0 Å². The number of hydrogen-bond acceptors (Lipinski definition) is 2. The first-order chi connectivity index (χ1) is 18.3. The number of nitrogens with zero attached hydrogens (tertiary/aromatic N) is 2. The summed E-state index contributed by atoms with van der Waals surface area (Å²) >= 11 is 0. The molecule has 0 N–H and O–H groups in total. The van der Waals surface area contributed by atoms with Gasteiger partial charge in [0, 0.05) is 25.5 Å². The first-order valence-electron chi connectivity index (χ1n) is 17.5. The molecule has 0 amide bonds. The minimum atomic E-state index is 0.639. The Kier molecular flexibility index (Phi) is 25.0. The molecule has 1 atom stereocenters. The fourth-order valence-corrected chi connectivity index (χ4v) is 6.08. The van der Waals surface area contributed by atoms with Crippen molar-refractivity contribution in [1.82, 2.24) is 9.80 Å². The number of hydrogen-bond donors (Lipinski definition) is 0. The zero-order chi connectivity index (χ0) is 26.7. The summed E-state index contributed by atoms with van der Waals surface area (Å²) in [6.45, 7) is 9.42. The summed E-state index contributed by atoms with van der Waals surface area (Å²) in [6.07, 6.45) is 44.1. The third-order valence-electron chi connectivity index (χ3n) is 8.53. The number of rotatable bonds is 29. The molecule has 1 heterocycles. The third kappa shape index (κ3) is 20.0. The first-order valence-corrected chi connectivity index (χ1v) is 17.5. The molecule has 2 nitrogen and oxygen atoms in total. The lowest BCUT2D eigenvalue weighted by molar-refractivity contribution is 0.137. The fraction of sp³-hybridized carbons (Fsp3) is 0.943. The van der Waals surface area contributed by atoms with E-state index in [1.807, 2.05) is 0 Å². The van der Waals surface area contributed by atoms with Gasteiger partial charge in [0.1, 0.15) is 6.17 Å². The van der Waals surface area contributed by atoms with Gasteiger partial charge in [-0.15, -0.1) is 0 Å². The Balaban J connectivity index is 2.01.